The van der Waals surface area contributed by atoms with Gasteiger partial charge >= 0.3 is 0 Å². The number of halogens is 1. The van der Waals surface area contributed by atoms with Crippen molar-refractivity contribution < 1.29 is 9.53 Å². The van der Waals surface area contributed by atoms with Crippen LogP contribution in [-0.4, -0.2) is 38.0 Å². The van der Waals surface area contributed by atoms with Crippen molar-refractivity contribution in [3.8, 4) is 0 Å². The summed E-state index contributed by atoms with van der Waals surface area (Å²) in [6, 6.07) is 8.40. The van der Waals surface area contributed by atoms with Crippen molar-refractivity contribution in [2.75, 3.05) is 26.0 Å². The monoisotopic (exact) mass is 344 g/mol. The second kappa shape index (κ2) is 10.1. The predicted molar refractivity (Wildman–Crippen MR) is 93.9 cm³/mol. The van der Waals surface area contributed by atoms with E-state index in [0.29, 0.717) is 0 Å². The molecule has 0 aromatic heterocycles. The van der Waals surface area contributed by atoms with Crippen molar-refractivity contribution in [1.82, 2.24) is 10.6 Å². The molecular weight excluding hydrogens is 320 g/mol. The summed E-state index contributed by atoms with van der Waals surface area (Å²) < 4.78 is 5.04. The third-order valence-corrected chi connectivity index (χ3v) is 4.65. The molecule has 1 aliphatic rings. The zero-order valence-electron chi connectivity index (χ0n) is 13.1. The van der Waals surface area contributed by atoms with E-state index < -0.39 is 0 Å². The van der Waals surface area contributed by atoms with Gasteiger partial charge in [-0.05, 0) is 44.0 Å². The predicted octanol–water partition coefficient (Wildman–Crippen LogP) is 2.78. The Hall–Kier alpha value is -0.750. The normalized spacial score (nSPS) is 18.5. The number of carbonyl (C=O) groups is 1. The third kappa shape index (κ3) is 5.80. The Morgan fingerprint density at radius 2 is 2.18 bits per heavy atom. The number of nitrogens with one attached hydrogen (secondary N) is 2. The van der Waals surface area contributed by atoms with E-state index in [1.807, 2.05) is 6.92 Å². The van der Waals surface area contributed by atoms with Gasteiger partial charge in [-0.1, -0.05) is 12.1 Å². The number of rotatable bonds is 7. The Labute approximate surface area is 143 Å². The molecule has 124 valence electrons. The first kappa shape index (κ1) is 19.3. The molecule has 2 unspecified atom stereocenters. The molecule has 0 radical (unpaired) electrons. The SMILES string of the molecule is COCCSc1ccc(C(C)NC(=O)C2CCCN2)cc1.Cl. The van der Waals surface area contributed by atoms with Crippen LogP contribution in [0.3, 0.4) is 0 Å². The molecule has 1 heterocycles. The van der Waals surface area contributed by atoms with E-state index in [9.17, 15) is 4.79 Å². The Balaban J connectivity index is 0.00000242. The molecule has 0 saturated carbocycles. The molecule has 1 saturated heterocycles. The van der Waals surface area contributed by atoms with E-state index >= 15 is 0 Å². The molecular formula is C16H25ClN2O2S. The van der Waals surface area contributed by atoms with Crippen LogP contribution >= 0.6 is 24.2 Å². The van der Waals surface area contributed by atoms with Gasteiger partial charge in [0.25, 0.3) is 0 Å². The summed E-state index contributed by atoms with van der Waals surface area (Å²) in [6.45, 7) is 3.73. The fraction of sp³-hybridized carbons (Fsp3) is 0.562. The lowest BCUT2D eigenvalue weighted by Crippen LogP contribution is -2.41. The number of ether oxygens (including phenoxy) is 1. The third-order valence-electron chi connectivity index (χ3n) is 3.67. The van der Waals surface area contributed by atoms with Gasteiger partial charge in [-0.15, -0.1) is 24.2 Å². The molecule has 1 aromatic carbocycles. The summed E-state index contributed by atoms with van der Waals surface area (Å²) in [5, 5.41) is 6.31. The minimum Gasteiger partial charge on any atom is -0.384 e. The van der Waals surface area contributed by atoms with Crippen molar-refractivity contribution >= 4 is 30.1 Å². The summed E-state index contributed by atoms with van der Waals surface area (Å²) in [4.78, 5) is 13.3. The van der Waals surface area contributed by atoms with E-state index in [-0.39, 0.29) is 30.4 Å². The number of methoxy groups -OCH3 is 1. The molecule has 1 aromatic rings. The van der Waals surface area contributed by atoms with E-state index in [1.54, 1.807) is 18.9 Å². The molecule has 2 rings (SSSR count). The van der Waals surface area contributed by atoms with Gasteiger partial charge in [0.2, 0.25) is 5.91 Å². The minimum absolute atomic E-state index is 0. The molecule has 2 N–H and O–H groups in total. The quantitative estimate of drug-likeness (QED) is 0.590. The first-order chi connectivity index (χ1) is 10.2. The molecule has 1 fully saturated rings. The van der Waals surface area contributed by atoms with Gasteiger partial charge in [0, 0.05) is 17.8 Å². The summed E-state index contributed by atoms with van der Waals surface area (Å²) in [6.07, 6.45) is 2.02. The highest BCUT2D eigenvalue weighted by atomic mass is 35.5. The average molecular weight is 345 g/mol. The van der Waals surface area contributed by atoms with Gasteiger partial charge in [0.1, 0.15) is 0 Å². The number of hydrogen-bond donors (Lipinski definition) is 2. The topological polar surface area (TPSA) is 50.4 Å². The lowest BCUT2D eigenvalue weighted by Gasteiger charge is -2.18. The van der Waals surface area contributed by atoms with Crippen LogP contribution < -0.4 is 10.6 Å². The van der Waals surface area contributed by atoms with Gasteiger partial charge < -0.3 is 15.4 Å². The number of thioether (sulfide) groups is 1. The lowest BCUT2D eigenvalue weighted by atomic mass is 10.1. The van der Waals surface area contributed by atoms with E-state index in [2.05, 4.69) is 34.9 Å². The molecule has 22 heavy (non-hydrogen) atoms. The van der Waals surface area contributed by atoms with Crippen molar-refractivity contribution in [2.24, 2.45) is 0 Å². The van der Waals surface area contributed by atoms with Gasteiger partial charge in [-0.3, -0.25) is 4.79 Å². The zero-order valence-corrected chi connectivity index (χ0v) is 14.8. The van der Waals surface area contributed by atoms with Crippen LogP contribution in [0.25, 0.3) is 0 Å². The molecule has 4 nitrogen and oxygen atoms in total. The van der Waals surface area contributed by atoms with Crippen LogP contribution in [0.2, 0.25) is 0 Å². The molecule has 2 atom stereocenters. The highest BCUT2D eigenvalue weighted by molar-refractivity contribution is 7.99. The van der Waals surface area contributed by atoms with Crippen LogP contribution in [-0.2, 0) is 9.53 Å². The van der Waals surface area contributed by atoms with Crippen LogP contribution in [0, 0.1) is 0 Å². The van der Waals surface area contributed by atoms with Crippen LogP contribution in [0.4, 0.5) is 0 Å². The summed E-state index contributed by atoms with van der Waals surface area (Å²) >= 11 is 1.78. The van der Waals surface area contributed by atoms with Crippen LogP contribution in [0.5, 0.6) is 0 Å². The first-order valence-corrected chi connectivity index (χ1v) is 8.44. The molecule has 1 aliphatic heterocycles. The Bertz CT molecular complexity index is 450. The highest BCUT2D eigenvalue weighted by Crippen LogP contribution is 2.21. The zero-order chi connectivity index (χ0) is 15.1. The average Bonchev–Trinajstić information content (AvgIpc) is 3.02. The standard InChI is InChI=1S/C16H24N2O2S.ClH/c1-12(18-16(19)15-4-3-9-17-15)13-5-7-14(8-6-13)21-11-10-20-2;/h5-8,12,15,17H,3-4,9-11H2,1-2H3,(H,18,19);1H. The van der Waals surface area contributed by atoms with E-state index in [0.717, 1.165) is 37.3 Å². The maximum atomic E-state index is 12.1. The number of carbonyl (C=O) groups excluding carboxylic acids is 1. The maximum Gasteiger partial charge on any atom is 0.237 e. The van der Waals surface area contributed by atoms with Gasteiger partial charge in [-0.25, -0.2) is 0 Å². The van der Waals surface area contributed by atoms with Crippen molar-refractivity contribution in [3.05, 3.63) is 29.8 Å². The summed E-state index contributed by atoms with van der Waals surface area (Å²) in [5.74, 6) is 1.06. The highest BCUT2D eigenvalue weighted by Gasteiger charge is 2.23. The Morgan fingerprint density at radius 1 is 1.45 bits per heavy atom. The van der Waals surface area contributed by atoms with E-state index in [4.69, 9.17) is 4.74 Å². The van der Waals surface area contributed by atoms with Crippen molar-refractivity contribution in [2.45, 2.75) is 36.7 Å². The van der Waals surface area contributed by atoms with Gasteiger partial charge in [0.05, 0.1) is 18.7 Å². The maximum absolute atomic E-state index is 12.1. The molecule has 0 bridgehead atoms. The Morgan fingerprint density at radius 3 is 2.77 bits per heavy atom. The fourth-order valence-corrected chi connectivity index (χ4v) is 3.22. The summed E-state index contributed by atoms with van der Waals surface area (Å²) in [5.41, 5.74) is 1.14. The van der Waals surface area contributed by atoms with Crippen molar-refractivity contribution in [1.29, 1.82) is 0 Å². The fourth-order valence-electron chi connectivity index (χ4n) is 2.40. The molecule has 0 spiro atoms. The smallest absolute Gasteiger partial charge is 0.237 e. The lowest BCUT2D eigenvalue weighted by molar-refractivity contribution is -0.123. The number of benzene rings is 1. The largest absolute Gasteiger partial charge is 0.384 e. The first-order valence-electron chi connectivity index (χ1n) is 7.46. The second-order valence-electron chi connectivity index (χ2n) is 5.29. The molecule has 1 amide bonds. The second-order valence-corrected chi connectivity index (χ2v) is 6.46. The Kier molecular flexibility index (Phi) is 8.86. The van der Waals surface area contributed by atoms with Gasteiger partial charge in [-0.2, -0.15) is 0 Å². The summed E-state index contributed by atoms with van der Waals surface area (Å²) in [7, 11) is 1.72. The molecule has 0 aliphatic carbocycles. The minimum atomic E-state index is -0.0173. The van der Waals surface area contributed by atoms with E-state index in [1.165, 1.54) is 4.90 Å². The molecule has 6 heteroatoms. The van der Waals surface area contributed by atoms with Crippen LogP contribution in [0.15, 0.2) is 29.2 Å². The van der Waals surface area contributed by atoms with Gasteiger partial charge in [0.15, 0.2) is 0 Å². The van der Waals surface area contributed by atoms with Crippen LogP contribution in [0.1, 0.15) is 31.4 Å². The number of hydrogen-bond acceptors (Lipinski definition) is 4. The number of amides is 1. The van der Waals surface area contributed by atoms with Crippen molar-refractivity contribution in [3.63, 3.8) is 0 Å².